The van der Waals surface area contributed by atoms with Crippen molar-refractivity contribution in [2.75, 3.05) is 0 Å². The Bertz CT molecular complexity index is 1650. The molecular formula is C30H25N5O. The van der Waals surface area contributed by atoms with E-state index in [1.165, 1.54) is 0 Å². The number of amides is 1. The van der Waals surface area contributed by atoms with Crippen LogP contribution in [0.4, 0.5) is 0 Å². The number of hydrogen-bond acceptors (Lipinski definition) is 3. The normalized spacial score (nSPS) is 12.1. The fourth-order valence-electron chi connectivity index (χ4n) is 4.72. The molecule has 0 saturated carbocycles. The Hall–Kier alpha value is -4.71. The molecule has 6 heteroatoms. The molecule has 2 N–H and O–H groups in total. The third kappa shape index (κ3) is 4.14. The molecule has 3 heterocycles. The molecule has 0 radical (unpaired) electrons. The highest BCUT2D eigenvalue weighted by Gasteiger charge is 2.23. The second-order valence-corrected chi connectivity index (χ2v) is 8.96. The van der Waals surface area contributed by atoms with Gasteiger partial charge in [-0.3, -0.25) is 9.78 Å². The van der Waals surface area contributed by atoms with Crippen molar-refractivity contribution in [2.45, 2.75) is 12.5 Å². The van der Waals surface area contributed by atoms with Gasteiger partial charge in [-0.15, -0.1) is 0 Å². The van der Waals surface area contributed by atoms with E-state index in [1.807, 2.05) is 90.7 Å². The Balaban J connectivity index is 1.35. The van der Waals surface area contributed by atoms with Crippen molar-refractivity contribution >= 4 is 27.7 Å². The van der Waals surface area contributed by atoms with Gasteiger partial charge in [0.2, 0.25) is 0 Å². The second-order valence-electron chi connectivity index (χ2n) is 8.96. The van der Waals surface area contributed by atoms with Crippen LogP contribution in [0.25, 0.3) is 33.1 Å². The zero-order valence-electron chi connectivity index (χ0n) is 19.8. The molecule has 176 valence electrons. The predicted octanol–water partition coefficient (Wildman–Crippen LogP) is 5.83. The van der Waals surface area contributed by atoms with E-state index in [-0.39, 0.29) is 11.9 Å². The van der Waals surface area contributed by atoms with Crippen LogP contribution in [0.5, 0.6) is 0 Å². The number of para-hydroxylation sites is 2. The fraction of sp³-hybridized carbons (Fsp3) is 0.100. The van der Waals surface area contributed by atoms with Crippen LogP contribution in [0, 0.1) is 0 Å². The number of aromatic nitrogens is 4. The maximum atomic E-state index is 13.3. The number of pyridine rings is 1. The first kappa shape index (κ1) is 21.8. The molecule has 6 aromatic rings. The topological polar surface area (TPSA) is 75.6 Å². The summed E-state index contributed by atoms with van der Waals surface area (Å²) in [5, 5.41) is 5.30. The van der Waals surface area contributed by atoms with Gasteiger partial charge in [-0.2, -0.15) is 0 Å². The summed E-state index contributed by atoms with van der Waals surface area (Å²) < 4.78 is 2.05. The number of imidazole rings is 1. The molecule has 6 rings (SSSR count). The summed E-state index contributed by atoms with van der Waals surface area (Å²) in [6.07, 6.45) is 4.35. The van der Waals surface area contributed by atoms with E-state index >= 15 is 0 Å². The number of hydrogen-bond donors (Lipinski definition) is 2. The minimum Gasteiger partial charge on any atom is -0.351 e. The van der Waals surface area contributed by atoms with Crippen LogP contribution in [-0.2, 0) is 13.5 Å². The van der Waals surface area contributed by atoms with Gasteiger partial charge in [0, 0.05) is 35.1 Å². The van der Waals surface area contributed by atoms with Crippen molar-refractivity contribution in [3.8, 4) is 11.3 Å². The number of nitrogens with one attached hydrogen (secondary N) is 2. The van der Waals surface area contributed by atoms with Crippen LogP contribution >= 0.6 is 0 Å². The molecule has 36 heavy (non-hydrogen) atoms. The second kappa shape index (κ2) is 9.15. The number of benzene rings is 3. The zero-order valence-corrected chi connectivity index (χ0v) is 19.8. The van der Waals surface area contributed by atoms with E-state index < -0.39 is 0 Å². The first-order valence-corrected chi connectivity index (χ1v) is 11.9. The molecule has 1 amide bonds. The summed E-state index contributed by atoms with van der Waals surface area (Å²) in [5.41, 5.74) is 5.47. The molecule has 0 bridgehead atoms. The lowest BCUT2D eigenvalue weighted by Crippen LogP contribution is -2.32. The lowest BCUT2D eigenvalue weighted by atomic mass is 10.0. The number of nitrogens with zero attached hydrogens (tertiary/aromatic N) is 3. The lowest BCUT2D eigenvalue weighted by molar-refractivity contribution is 0.0930. The Morgan fingerprint density at radius 1 is 0.889 bits per heavy atom. The summed E-state index contributed by atoms with van der Waals surface area (Å²) in [4.78, 5) is 25.9. The van der Waals surface area contributed by atoms with Crippen molar-refractivity contribution in [3.63, 3.8) is 0 Å². The monoisotopic (exact) mass is 471 g/mol. The first-order chi connectivity index (χ1) is 17.7. The molecule has 3 aromatic heterocycles. The van der Waals surface area contributed by atoms with Gasteiger partial charge in [-0.1, -0.05) is 66.7 Å². The molecule has 1 atom stereocenters. The average molecular weight is 472 g/mol. The Morgan fingerprint density at radius 2 is 1.64 bits per heavy atom. The first-order valence-electron chi connectivity index (χ1n) is 11.9. The maximum Gasteiger partial charge on any atom is 0.268 e. The Labute approximate surface area is 208 Å². The predicted molar refractivity (Wildman–Crippen MR) is 143 cm³/mol. The smallest absolute Gasteiger partial charge is 0.268 e. The van der Waals surface area contributed by atoms with Crippen molar-refractivity contribution in [1.82, 2.24) is 24.8 Å². The van der Waals surface area contributed by atoms with Gasteiger partial charge in [0.25, 0.3) is 5.91 Å². The number of carbonyl (C=O) groups excluding carboxylic acids is 1. The molecule has 0 fully saturated rings. The molecule has 0 aliphatic carbocycles. The largest absolute Gasteiger partial charge is 0.351 e. The molecule has 0 spiro atoms. The number of aromatic amines is 1. The van der Waals surface area contributed by atoms with Gasteiger partial charge in [-0.25, -0.2) is 4.98 Å². The van der Waals surface area contributed by atoms with Gasteiger partial charge >= 0.3 is 0 Å². The van der Waals surface area contributed by atoms with Gasteiger partial charge in [0.15, 0.2) is 0 Å². The minimum atomic E-state index is -0.321. The molecule has 0 aliphatic rings. The fourth-order valence-corrected chi connectivity index (χ4v) is 4.72. The Kier molecular flexibility index (Phi) is 5.54. The zero-order chi connectivity index (χ0) is 24.5. The van der Waals surface area contributed by atoms with E-state index in [2.05, 4.69) is 39.6 Å². The highest BCUT2D eigenvalue weighted by atomic mass is 16.2. The van der Waals surface area contributed by atoms with Crippen LogP contribution < -0.4 is 5.32 Å². The Morgan fingerprint density at radius 3 is 2.47 bits per heavy atom. The summed E-state index contributed by atoms with van der Waals surface area (Å²) in [7, 11) is 1.99. The summed E-state index contributed by atoms with van der Waals surface area (Å²) >= 11 is 0. The van der Waals surface area contributed by atoms with E-state index in [9.17, 15) is 4.79 Å². The lowest BCUT2D eigenvalue weighted by Gasteiger charge is -2.19. The van der Waals surface area contributed by atoms with Crippen LogP contribution in [0.2, 0.25) is 0 Å². The standard InChI is InChI=1S/C30H25N5O/c1-35-28(23-16-21-11-5-7-13-24(21)31-18-23)19-32-29(35)26(15-20-9-3-2-4-10-20)34-30(36)27-17-22-12-6-8-14-25(22)33-27/h2-14,16-19,26,33H,15H2,1H3,(H,34,36). The summed E-state index contributed by atoms with van der Waals surface area (Å²) in [6.45, 7) is 0. The van der Waals surface area contributed by atoms with E-state index in [0.717, 1.165) is 44.5 Å². The number of carbonyl (C=O) groups is 1. The summed E-state index contributed by atoms with van der Waals surface area (Å²) in [6, 6.07) is 29.8. The molecule has 3 aromatic carbocycles. The van der Waals surface area contributed by atoms with Crippen LogP contribution in [-0.4, -0.2) is 25.4 Å². The van der Waals surface area contributed by atoms with Crippen molar-refractivity contribution in [2.24, 2.45) is 7.05 Å². The SMILES string of the molecule is Cn1c(-c2cnc3ccccc3c2)cnc1C(Cc1ccccc1)NC(=O)c1cc2ccccc2[nH]1. The van der Waals surface area contributed by atoms with Crippen molar-refractivity contribution in [1.29, 1.82) is 0 Å². The van der Waals surface area contributed by atoms with Crippen LogP contribution in [0.3, 0.4) is 0 Å². The molecule has 1 unspecified atom stereocenters. The van der Waals surface area contributed by atoms with Gasteiger partial charge in [-0.05, 0) is 36.2 Å². The average Bonchev–Trinajstić information content (AvgIpc) is 3.52. The molecule has 0 saturated heterocycles. The van der Waals surface area contributed by atoms with E-state index in [1.54, 1.807) is 0 Å². The maximum absolute atomic E-state index is 13.3. The number of H-pyrrole nitrogens is 1. The highest BCUT2D eigenvalue weighted by molar-refractivity contribution is 5.98. The summed E-state index contributed by atoms with van der Waals surface area (Å²) in [5.74, 6) is 0.621. The molecule has 0 aliphatic heterocycles. The van der Waals surface area contributed by atoms with Gasteiger partial charge < -0.3 is 14.9 Å². The van der Waals surface area contributed by atoms with Gasteiger partial charge in [0.05, 0.1) is 23.4 Å². The van der Waals surface area contributed by atoms with E-state index in [0.29, 0.717) is 12.1 Å². The molecule has 6 nitrogen and oxygen atoms in total. The third-order valence-electron chi connectivity index (χ3n) is 6.58. The van der Waals surface area contributed by atoms with Gasteiger partial charge in [0.1, 0.15) is 11.5 Å². The van der Waals surface area contributed by atoms with Crippen LogP contribution in [0.15, 0.2) is 103 Å². The van der Waals surface area contributed by atoms with Crippen LogP contribution in [0.1, 0.15) is 27.9 Å². The number of fused-ring (bicyclic) bond motifs is 2. The van der Waals surface area contributed by atoms with Crippen molar-refractivity contribution < 1.29 is 4.79 Å². The number of rotatable bonds is 6. The molecular weight excluding hydrogens is 446 g/mol. The van der Waals surface area contributed by atoms with Crippen molar-refractivity contribution in [3.05, 3.63) is 120 Å². The quantitative estimate of drug-likeness (QED) is 0.321. The third-order valence-corrected chi connectivity index (χ3v) is 6.58. The van der Waals surface area contributed by atoms with E-state index in [4.69, 9.17) is 4.98 Å². The minimum absolute atomic E-state index is 0.163. The highest BCUT2D eigenvalue weighted by Crippen LogP contribution is 2.27.